The monoisotopic (exact) mass is 408 g/mol. The molecule has 0 atom stereocenters. The Balaban J connectivity index is 1.50. The fourth-order valence-corrected chi connectivity index (χ4v) is 3.87. The Hall–Kier alpha value is -3.49. The van der Waals surface area contributed by atoms with Crippen molar-refractivity contribution in [3.63, 3.8) is 0 Å². The molecule has 0 spiro atoms. The number of aromatic amines is 1. The molecule has 0 bridgehead atoms. The van der Waals surface area contributed by atoms with Crippen LogP contribution in [0.3, 0.4) is 0 Å². The molecule has 0 aliphatic carbocycles. The summed E-state index contributed by atoms with van der Waals surface area (Å²) in [5, 5.41) is 11.1. The highest BCUT2D eigenvalue weighted by Gasteiger charge is 2.31. The number of pyridine rings is 1. The smallest absolute Gasteiger partial charge is 0.259 e. The summed E-state index contributed by atoms with van der Waals surface area (Å²) in [6, 6.07) is 3.66. The molecule has 9 heteroatoms. The van der Waals surface area contributed by atoms with Crippen molar-refractivity contribution in [2.45, 2.75) is 25.7 Å². The number of aryl methyl sites for hydroxylation is 1. The van der Waals surface area contributed by atoms with Crippen LogP contribution in [0.1, 0.15) is 50.9 Å². The Kier molecular flexibility index (Phi) is 5.35. The van der Waals surface area contributed by atoms with Gasteiger partial charge in [-0.25, -0.2) is 0 Å². The molecule has 1 aliphatic heterocycles. The summed E-state index contributed by atoms with van der Waals surface area (Å²) in [5.41, 5.74) is 3.18. The lowest BCUT2D eigenvalue weighted by Crippen LogP contribution is -2.38. The fourth-order valence-electron chi connectivity index (χ4n) is 3.87. The van der Waals surface area contributed by atoms with Gasteiger partial charge in [0.1, 0.15) is 17.0 Å². The molecule has 30 heavy (non-hydrogen) atoms. The molecule has 1 aliphatic rings. The van der Waals surface area contributed by atoms with Crippen LogP contribution in [0, 0.1) is 6.92 Å². The summed E-state index contributed by atoms with van der Waals surface area (Å²) < 4.78 is 5.33. The number of carbonyl (C=O) groups excluding carboxylic acids is 2. The van der Waals surface area contributed by atoms with Crippen molar-refractivity contribution < 1.29 is 14.1 Å². The highest BCUT2D eigenvalue weighted by atomic mass is 16.5. The molecule has 4 rings (SSSR count). The predicted octanol–water partition coefficient (Wildman–Crippen LogP) is 2.49. The van der Waals surface area contributed by atoms with Gasteiger partial charge < -0.3 is 14.3 Å². The second kappa shape index (κ2) is 8.10. The number of nitrogens with zero attached hydrogens (tertiary/aromatic N) is 5. The molecule has 1 fully saturated rings. The minimum absolute atomic E-state index is 0.0709. The molecule has 2 amide bonds. The third-order valence-corrected chi connectivity index (χ3v) is 5.51. The van der Waals surface area contributed by atoms with Crippen LogP contribution in [-0.4, -0.2) is 69.1 Å². The number of hydrogen-bond acceptors (Lipinski definition) is 6. The summed E-state index contributed by atoms with van der Waals surface area (Å²) >= 11 is 0. The maximum absolute atomic E-state index is 13.3. The molecule has 0 aromatic carbocycles. The van der Waals surface area contributed by atoms with Gasteiger partial charge in [-0.05, 0) is 31.9 Å². The van der Waals surface area contributed by atoms with Crippen molar-refractivity contribution in [2.24, 2.45) is 0 Å². The van der Waals surface area contributed by atoms with Crippen molar-refractivity contribution in [3.05, 3.63) is 53.3 Å². The standard InChI is InChI=1S/C21H24N6O3/c1-13-17(19(25-30-13)15-5-4-8-22-11-15)21(29)27-9-6-14(7-10-27)18-16(12-23-24-18)20(28)26(2)3/h4-5,8,11-12,14H,6-7,9-10H2,1-3H3,(H,23,24). The fraction of sp³-hybridized carbons (Fsp3) is 0.381. The quantitative estimate of drug-likeness (QED) is 0.711. The number of nitrogens with one attached hydrogen (secondary N) is 1. The first-order valence-corrected chi connectivity index (χ1v) is 9.88. The highest BCUT2D eigenvalue weighted by molar-refractivity contribution is 6.00. The van der Waals surface area contributed by atoms with E-state index in [4.69, 9.17) is 4.52 Å². The number of hydrogen-bond donors (Lipinski definition) is 1. The van der Waals surface area contributed by atoms with Crippen molar-refractivity contribution >= 4 is 11.8 Å². The molecule has 3 aromatic rings. The van der Waals surface area contributed by atoms with Crippen molar-refractivity contribution in [1.29, 1.82) is 0 Å². The summed E-state index contributed by atoms with van der Waals surface area (Å²) in [5.74, 6) is 0.476. The minimum atomic E-state index is -0.0970. The van der Waals surface area contributed by atoms with Crippen LogP contribution in [0.4, 0.5) is 0 Å². The van der Waals surface area contributed by atoms with Crippen LogP contribution in [0.5, 0.6) is 0 Å². The Morgan fingerprint density at radius 2 is 2.00 bits per heavy atom. The van der Waals surface area contributed by atoms with Crippen LogP contribution < -0.4 is 0 Å². The molecule has 1 saturated heterocycles. The minimum Gasteiger partial charge on any atom is -0.360 e. The van der Waals surface area contributed by atoms with E-state index in [2.05, 4.69) is 20.3 Å². The summed E-state index contributed by atoms with van der Waals surface area (Å²) in [6.45, 7) is 2.90. The predicted molar refractivity (Wildman–Crippen MR) is 109 cm³/mol. The number of likely N-dealkylation sites (tertiary alicyclic amines) is 1. The van der Waals surface area contributed by atoms with Crippen LogP contribution in [-0.2, 0) is 0 Å². The van der Waals surface area contributed by atoms with E-state index in [1.165, 1.54) is 0 Å². The topological polar surface area (TPSA) is 108 Å². The molecule has 0 unspecified atom stereocenters. The first-order valence-electron chi connectivity index (χ1n) is 9.88. The first-order chi connectivity index (χ1) is 14.5. The van der Waals surface area contributed by atoms with Gasteiger partial charge in [-0.15, -0.1) is 0 Å². The number of H-pyrrole nitrogens is 1. The maximum atomic E-state index is 13.3. The largest absolute Gasteiger partial charge is 0.360 e. The second-order valence-corrected chi connectivity index (χ2v) is 7.67. The number of rotatable bonds is 4. The summed E-state index contributed by atoms with van der Waals surface area (Å²) in [7, 11) is 3.45. The lowest BCUT2D eigenvalue weighted by Gasteiger charge is -2.32. The van der Waals surface area contributed by atoms with Gasteiger partial charge >= 0.3 is 0 Å². The zero-order chi connectivity index (χ0) is 21.3. The van der Waals surface area contributed by atoms with Crippen molar-refractivity contribution in [1.82, 2.24) is 30.1 Å². The van der Waals surface area contributed by atoms with E-state index in [9.17, 15) is 9.59 Å². The number of carbonyl (C=O) groups is 2. The molecular formula is C21H24N6O3. The van der Waals surface area contributed by atoms with Crippen LogP contribution >= 0.6 is 0 Å². The third-order valence-electron chi connectivity index (χ3n) is 5.51. The Bertz CT molecular complexity index is 1050. The second-order valence-electron chi connectivity index (χ2n) is 7.67. The molecular weight excluding hydrogens is 384 g/mol. The molecule has 1 N–H and O–H groups in total. The Morgan fingerprint density at radius 3 is 2.67 bits per heavy atom. The maximum Gasteiger partial charge on any atom is 0.259 e. The number of aromatic nitrogens is 4. The summed E-state index contributed by atoms with van der Waals surface area (Å²) in [6.07, 6.45) is 6.41. The van der Waals surface area contributed by atoms with Crippen molar-refractivity contribution in [3.8, 4) is 11.3 Å². The van der Waals surface area contributed by atoms with E-state index in [1.807, 2.05) is 11.0 Å². The molecule has 156 valence electrons. The average Bonchev–Trinajstić information content (AvgIpc) is 3.40. The molecule has 9 nitrogen and oxygen atoms in total. The van der Waals surface area contributed by atoms with Gasteiger partial charge in [0, 0.05) is 51.1 Å². The van der Waals surface area contributed by atoms with Crippen molar-refractivity contribution in [2.75, 3.05) is 27.2 Å². The first kappa shape index (κ1) is 19.8. The van der Waals surface area contributed by atoms with Gasteiger partial charge in [-0.2, -0.15) is 5.10 Å². The van der Waals surface area contributed by atoms with Gasteiger partial charge in [0.2, 0.25) is 0 Å². The SMILES string of the molecule is Cc1onc(-c2cccnc2)c1C(=O)N1CCC(c2[nH]ncc2C(=O)N(C)C)CC1. The molecule has 0 radical (unpaired) electrons. The third kappa shape index (κ3) is 3.58. The van der Waals surface area contributed by atoms with Crippen LogP contribution in [0.2, 0.25) is 0 Å². The van der Waals surface area contributed by atoms with E-state index >= 15 is 0 Å². The van der Waals surface area contributed by atoms with E-state index in [-0.39, 0.29) is 17.7 Å². The average molecular weight is 408 g/mol. The number of piperidine rings is 1. The van der Waals surface area contributed by atoms with E-state index in [0.29, 0.717) is 35.7 Å². The molecule has 0 saturated carbocycles. The van der Waals surface area contributed by atoms with Crippen LogP contribution in [0.25, 0.3) is 11.3 Å². The highest BCUT2D eigenvalue weighted by Crippen LogP contribution is 2.32. The van der Waals surface area contributed by atoms with Gasteiger partial charge in [0.25, 0.3) is 11.8 Å². The van der Waals surface area contributed by atoms with Gasteiger partial charge in [-0.1, -0.05) is 5.16 Å². The molecule has 3 aromatic heterocycles. The van der Waals surface area contributed by atoms with Gasteiger partial charge in [0.15, 0.2) is 0 Å². The normalized spacial score (nSPS) is 14.7. The van der Waals surface area contributed by atoms with E-state index in [1.54, 1.807) is 50.6 Å². The van der Waals surface area contributed by atoms with E-state index in [0.717, 1.165) is 24.1 Å². The lowest BCUT2D eigenvalue weighted by atomic mass is 9.90. The molecule has 4 heterocycles. The lowest BCUT2D eigenvalue weighted by molar-refractivity contribution is 0.0707. The summed E-state index contributed by atoms with van der Waals surface area (Å²) in [4.78, 5) is 33.1. The van der Waals surface area contributed by atoms with Gasteiger partial charge in [0.05, 0.1) is 17.5 Å². The number of amides is 2. The Labute approximate surface area is 174 Å². The zero-order valence-corrected chi connectivity index (χ0v) is 17.3. The van der Waals surface area contributed by atoms with Gasteiger partial charge in [-0.3, -0.25) is 19.7 Å². The van der Waals surface area contributed by atoms with Crippen LogP contribution in [0.15, 0.2) is 35.2 Å². The zero-order valence-electron chi connectivity index (χ0n) is 17.3. The van der Waals surface area contributed by atoms with E-state index < -0.39 is 0 Å². The Morgan fingerprint density at radius 1 is 1.23 bits per heavy atom.